The van der Waals surface area contributed by atoms with Crippen molar-refractivity contribution in [2.75, 3.05) is 5.32 Å². The molecule has 0 bridgehead atoms. The summed E-state index contributed by atoms with van der Waals surface area (Å²) in [6, 6.07) is 11.0. The first-order valence-electron chi connectivity index (χ1n) is 8.72. The number of anilines is 1. The van der Waals surface area contributed by atoms with E-state index in [1.54, 1.807) is 31.2 Å². The SMILES string of the molecule is CCn1c(SC(C)C(=O)Nc2cccc([N+](=O)[O-])c2)nc2ccc(Br)cc2c1=O. The normalized spacial score (nSPS) is 12.0. The molecule has 3 aromatic rings. The van der Waals surface area contributed by atoms with Crippen molar-refractivity contribution in [3.8, 4) is 0 Å². The molecule has 0 spiro atoms. The van der Waals surface area contributed by atoms with Gasteiger partial charge in [-0.1, -0.05) is 33.8 Å². The molecule has 29 heavy (non-hydrogen) atoms. The van der Waals surface area contributed by atoms with Crippen molar-refractivity contribution in [2.24, 2.45) is 0 Å². The molecule has 1 atom stereocenters. The Balaban J connectivity index is 1.85. The van der Waals surface area contributed by atoms with Crippen LogP contribution in [0.4, 0.5) is 11.4 Å². The van der Waals surface area contributed by atoms with Gasteiger partial charge in [0.15, 0.2) is 5.16 Å². The molecule has 3 rings (SSSR count). The number of nitro groups is 1. The van der Waals surface area contributed by atoms with Crippen LogP contribution in [0, 0.1) is 10.1 Å². The maximum Gasteiger partial charge on any atom is 0.271 e. The molecule has 1 N–H and O–H groups in total. The summed E-state index contributed by atoms with van der Waals surface area (Å²) >= 11 is 4.52. The third kappa shape index (κ3) is 4.65. The van der Waals surface area contributed by atoms with Crippen LogP contribution in [0.15, 0.2) is 56.9 Å². The molecule has 0 aliphatic carbocycles. The van der Waals surface area contributed by atoms with E-state index < -0.39 is 10.2 Å². The Hall–Kier alpha value is -2.72. The number of non-ortho nitro benzene ring substituents is 1. The van der Waals surface area contributed by atoms with Gasteiger partial charge in [0.25, 0.3) is 11.2 Å². The first-order valence-corrected chi connectivity index (χ1v) is 10.4. The van der Waals surface area contributed by atoms with Gasteiger partial charge in [-0.25, -0.2) is 4.98 Å². The second-order valence-electron chi connectivity index (χ2n) is 6.16. The Morgan fingerprint density at radius 1 is 1.34 bits per heavy atom. The van der Waals surface area contributed by atoms with Crippen LogP contribution in [0.25, 0.3) is 10.9 Å². The topological polar surface area (TPSA) is 107 Å². The van der Waals surface area contributed by atoms with E-state index in [2.05, 4.69) is 26.2 Å². The third-order valence-electron chi connectivity index (χ3n) is 4.17. The van der Waals surface area contributed by atoms with E-state index in [4.69, 9.17) is 0 Å². The number of carbonyl (C=O) groups excluding carboxylic acids is 1. The van der Waals surface area contributed by atoms with E-state index in [-0.39, 0.29) is 17.2 Å². The molecule has 1 amide bonds. The summed E-state index contributed by atoms with van der Waals surface area (Å²) in [4.78, 5) is 40.3. The second kappa shape index (κ2) is 8.75. The average molecular weight is 477 g/mol. The molecule has 1 unspecified atom stereocenters. The van der Waals surface area contributed by atoms with Crippen LogP contribution >= 0.6 is 27.7 Å². The minimum atomic E-state index is -0.577. The standard InChI is InChI=1S/C19H17BrN4O4S/c1-3-23-18(26)15-9-12(20)7-8-16(15)22-19(23)29-11(2)17(25)21-13-5-4-6-14(10-13)24(27)28/h4-11H,3H2,1-2H3,(H,21,25). The fourth-order valence-corrected chi connectivity index (χ4v) is 4.03. The molecule has 1 heterocycles. The minimum Gasteiger partial charge on any atom is -0.325 e. The number of amides is 1. The Labute approximate surface area is 178 Å². The van der Waals surface area contributed by atoms with Gasteiger partial charge in [0.1, 0.15) is 0 Å². The van der Waals surface area contributed by atoms with Crippen LogP contribution in [0.1, 0.15) is 13.8 Å². The number of hydrogen-bond donors (Lipinski definition) is 1. The fourth-order valence-electron chi connectivity index (χ4n) is 2.69. The first kappa shape index (κ1) is 21.0. The van der Waals surface area contributed by atoms with Crippen molar-refractivity contribution < 1.29 is 9.72 Å². The van der Waals surface area contributed by atoms with Crippen LogP contribution in [0.3, 0.4) is 0 Å². The van der Waals surface area contributed by atoms with Crippen LogP contribution in [0.5, 0.6) is 0 Å². The summed E-state index contributed by atoms with van der Waals surface area (Å²) in [5.74, 6) is -0.344. The lowest BCUT2D eigenvalue weighted by Crippen LogP contribution is -2.26. The van der Waals surface area contributed by atoms with Gasteiger partial charge in [-0.05, 0) is 38.1 Å². The zero-order valence-corrected chi connectivity index (χ0v) is 18.0. The van der Waals surface area contributed by atoms with Crippen LogP contribution in [0.2, 0.25) is 0 Å². The number of nitrogens with one attached hydrogen (secondary N) is 1. The molecule has 1 aromatic heterocycles. The Morgan fingerprint density at radius 2 is 2.10 bits per heavy atom. The maximum absolute atomic E-state index is 12.8. The van der Waals surface area contributed by atoms with Gasteiger partial charge >= 0.3 is 0 Å². The van der Waals surface area contributed by atoms with Crippen LogP contribution < -0.4 is 10.9 Å². The average Bonchev–Trinajstić information content (AvgIpc) is 2.69. The lowest BCUT2D eigenvalue weighted by atomic mass is 10.2. The first-order chi connectivity index (χ1) is 13.8. The summed E-state index contributed by atoms with van der Waals surface area (Å²) in [7, 11) is 0. The van der Waals surface area contributed by atoms with Crippen molar-refractivity contribution in [3.63, 3.8) is 0 Å². The number of thioether (sulfide) groups is 1. The van der Waals surface area contributed by atoms with Crippen molar-refractivity contribution in [1.82, 2.24) is 9.55 Å². The lowest BCUT2D eigenvalue weighted by Gasteiger charge is -2.15. The molecule has 10 heteroatoms. The molecule has 150 valence electrons. The highest BCUT2D eigenvalue weighted by Gasteiger charge is 2.20. The summed E-state index contributed by atoms with van der Waals surface area (Å²) in [5.41, 5.74) is 0.607. The van der Waals surface area contributed by atoms with Crippen LogP contribution in [-0.4, -0.2) is 25.6 Å². The Bertz CT molecular complexity index is 1160. The highest BCUT2D eigenvalue weighted by atomic mass is 79.9. The maximum atomic E-state index is 12.8. The van der Waals surface area contributed by atoms with E-state index in [0.29, 0.717) is 28.3 Å². The zero-order chi connectivity index (χ0) is 21.1. The predicted octanol–water partition coefficient (Wildman–Crippen LogP) is 4.21. The molecule has 2 aromatic carbocycles. The minimum absolute atomic E-state index is 0.106. The van der Waals surface area contributed by atoms with E-state index in [1.165, 1.54) is 22.8 Å². The zero-order valence-electron chi connectivity index (χ0n) is 15.6. The number of benzene rings is 2. The van der Waals surface area contributed by atoms with E-state index in [1.807, 2.05) is 6.92 Å². The van der Waals surface area contributed by atoms with Gasteiger partial charge in [0, 0.05) is 28.8 Å². The highest BCUT2D eigenvalue weighted by molar-refractivity contribution is 9.10. The number of rotatable bonds is 6. The van der Waals surface area contributed by atoms with Crippen molar-refractivity contribution >= 4 is 55.9 Å². The van der Waals surface area contributed by atoms with Gasteiger partial charge in [0.05, 0.1) is 21.1 Å². The smallest absolute Gasteiger partial charge is 0.271 e. The molecule has 8 nitrogen and oxygen atoms in total. The monoisotopic (exact) mass is 476 g/mol. The van der Waals surface area contributed by atoms with E-state index in [0.717, 1.165) is 16.2 Å². The Morgan fingerprint density at radius 3 is 2.79 bits per heavy atom. The third-order valence-corrected chi connectivity index (χ3v) is 5.76. The van der Waals surface area contributed by atoms with Gasteiger partial charge in [-0.15, -0.1) is 0 Å². The number of nitro benzene ring substituents is 1. The molecular formula is C19H17BrN4O4S. The summed E-state index contributed by atoms with van der Waals surface area (Å²) in [5, 5.41) is 13.9. The number of nitrogens with zero attached hydrogens (tertiary/aromatic N) is 3. The van der Waals surface area contributed by atoms with E-state index in [9.17, 15) is 19.7 Å². The number of carbonyl (C=O) groups is 1. The molecule has 0 aliphatic rings. The molecule has 0 aliphatic heterocycles. The molecule has 0 fully saturated rings. The van der Waals surface area contributed by atoms with Gasteiger partial charge < -0.3 is 5.32 Å². The number of hydrogen-bond acceptors (Lipinski definition) is 6. The molecular weight excluding hydrogens is 460 g/mol. The van der Waals surface area contributed by atoms with Gasteiger partial charge in [-0.2, -0.15) is 0 Å². The summed E-state index contributed by atoms with van der Waals surface area (Å²) in [6.45, 7) is 3.94. The number of fused-ring (bicyclic) bond motifs is 1. The summed E-state index contributed by atoms with van der Waals surface area (Å²) in [6.07, 6.45) is 0. The van der Waals surface area contributed by atoms with Crippen molar-refractivity contribution in [2.45, 2.75) is 30.8 Å². The second-order valence-corrected chi connectivity index (χ2v) is 8.39. The largest absolute Gasteiger partial charge is 0.325 e. The lowest BCUT2D eigenvalue weighted by molar-refractivity contribution is -0.384. The highest BCUT2D eigenvalue weighted by Crippen LogP contribution is 2.25. The number of halogens is 1. The molecule has 0 saturated heterocycles. The van der Waals surface area contributed by atoms with Crippen molar-refractivity contribution in [3.05, 3.63) is 67.4 Å². The Kier molecular flexibility index (Phi) is 6.33. The fraction of sp³-hybridized carbons (Fsp3) is 0.211. The molecule has 0 radical (unpaired) electrons. The predicted molar refractivity (Wildman–Crippen MR) is 116 cm³/mol. The van der Waals surface area contributed by atoms with E-state index >= 15 is 0 Å². The number of aromatic nitrogens is 2. The summed E-state index contributed by atoms with van der Waals surface area (Å²) < 4.78 is 2.31. The van der Waals surface area contributed by atoms with Gasteiger partial charge in [-0.3, -0.25) is 24.3 Å². The quantitative estimate of drug-likeness (QED) is 0.247. The molecule has 0 saturated carbocycles. The van der Waals surface area contributed by atoms with Gasteiger partial charge in [0.2, 0.25) is 5.91 Å². The van der Waals surface area contributed by atoms with Crippen molar-refractivity contribution in [1.29, 1.82) is 0 Å². The van der Waals surface area contributed by atoms with Crippen LogP contribution in [-0.2, 0) is 11.3 Å².